The molecule has 0 bridgehead atoms. The van der Waals surface area contributed by atoms with Gasteiger partial charge in [0.2, 0.25) is 5.91 Å². The Labute approximate surface area is 131 Å². The van der Waals surface area contributed by atoms with E-state index in [1.807, 2.05) is 36.6 Å². The maximum Gasteiger partial charge on any atom is 0.242 e. The minimum Gasteiger partial charge on any atom is -0.344 e. The number of fused-ring (bicyclic) bond motifs is 1. The molecule has 0 aliphatic rings. The average Bonchev–Trinajstić information content (AvgIpc) is 2.76. The van der Waals surface area contributed by atoms with Crippen LogP contribution in [-0.2, 0) is 11.3 Å². The molecule has 1 unspecified atom stereocenters. The number of nitrogens with zero attached hydrogens (tertiary/aromatic N) is 3. The number of carbonyl (C=O) groups is 1. The van der Waals surface area contributed by atoms with Gasteiger partial charge in [-0.1, -0.05) is 15.9 Å². The topological polar surface area (TPSA) is 38.1 Å². The first-order chi connectivity index (χ1) is 9.43. The van der Waals surface area contributed by atoms with E-state index in [4.69, 9.17) is 11.6 Å². The Balaban J connectivity index is 2.50. The molecule has 108 valence electrons. The fourth-order valence-corrected chi connectivity index (χ4v) is 2.53. The lowest BCUT2D eigenvalue weighted by Crippen LogP contribution is -2.30. The standard InChI is InChI=1S/C14H17BrClN3O/c1-4-18(3)13(20)8-19-12-7-10(15)5-6-11(12)17-14(19)9(2)16/h5-7,9H,4,8H2,1-3H3. The van der Waals surface area contributed by atoms with Crippen molar-refractivity contribution in [1.29, 1.82) is 0 Å². The highest BCUT2D eigenvalue weighted by Gasteiger charge is 2.18. The molecule has 0 spiro atoms. The van der Waals surface area contributed by atoms with Gasteiger partial charge in [0.1, 0.15) is 12.4 Å². The number of hydrogen-bond acceptors (Lipinski definition) is 2. The molecule has 20 heavy (non-hydrogen) atoms. The molecule has 2 aromatic rings. The van der Waals surface area contributed by atoms with E-state index in [2.05, 4.69) is 20.9 Å². The minimum atomic E-state index is -0.249. The highest BCUT2D eigenvalue weighted by molar-refractivity contribution is 9.10. The highest BCUT2D eigenvalue weighted by Crippen LogP contribution is 2.26. The van der Waals surface area contributed by atoms with Crippen LogP contribution in [0.15, 0.2) is 22.7 Å². The summed E-state index contributed by atoms with van der Waals surface area (Å²) in [6, 6.07) is 5.82. The predicted molar refractivity (Wildman–Crippen MR) is 85.0 cm³/mol. The lowest BCUT2D eigenvalue weighted by Gasteiger charge is -2.17. The molecule has 6 heteroatoms. The zero-order valence-electron chi connectivity index (χ0n) is 11.7. The van der Waals surface area contributed by atoms with Gasteiger partial charge in [-0.3, -0.25) is 4.79 Å². The molecule has 0 N–H and O–H groups in total. The molecule has 1 aromatic heterocycles. The number of carbonyl (C=O) groups excluding carboxylic acids is 1. The molecule has 2 rings (SSSR count). The molecule has 1 amide bonds. The van der Waals surface area contributed by atoms with Gasteiger partial charge in [-0.25, -0.2) is 4.98 Å². The summed E-state index contributed by atoms with van der Waals surface area (Å²) in [5.41, 5.74) is 1.77. The third-order valence-electron chi connectivity index (χ3n) is 3.29. The number of aromatic nitrogens is 2. The predicted octanol–water partition coefficient (Wildman–Crippen LogP) is 3.58. The van der Waals surface area contributed by atoms with E-state index in [9.17, 15) is 4.79 Å². The van der Waals surface area contributed by atoms with Crippen LogP contribution >= 0.6 is 27.5 Å². The largest absolute Gasteiger partial charge is 0.344 e. The van der Waals surface area contributed by atoms with Gasteiger partial charge in [-0.2, -0.15) is 0 Å². The number of rotatable bonds is 4. The van der Waals surface area contributed by atoms with Gasteiger partial charge >= 0.3 is 0 Å². The molecule has 0 aliphatic carbocycles. The van der Waals surface area contributed by atoms with Crippen LogP contribution in [0.2, 0.25) is 0 Å². The summed E-state index contributed by atoms with van der Waals surface area (Å²) in [5, 5.41) is -0.249. The number of alkyl halides is 1. The van der Waals surface area contributed by atoms with E-state index in [0.29, 0.717) is 6.54 Å². The summed E-state index contributed by atoms with van der Waals surface area (Å²) in [5.74, 6) is 0.767. The molecule has 0 aliphatic heterocycles. The SMILES string of the molecule is CCN(C)C(=O)Cn1c(C(C)Cl)nc2ccc(Br)cc21. The van der Waals surface area contributed by atoms with Crippen molar-refractivity contribution >= 4 is 44.5 Å². The van der Waals surface area contributed by atoms with Crippen molar-refractivity contribution in [2.75, 3.05) is 13.6 Å². The van der Waals surface area contributed by atoms with E-state index in [1.54, 1.807) is 11.9 Å². The molecular formula is C14H17BrClN3O. The van der Waals surface area contributed by atoms with Gasteiger partial charge in [-0.05, 0) is 32.0 Å². The van der Waals surface area contributed by atoms with Crippen LogP contribution in [0.3, 0.4) is 0 Å². The second-order valence-corrected chi connectivity index (χ2v) is 6.28. The van der Waals surface area contributed by atoms with Crippen LogP contribution < -0.4 is 0 Å². The molecule has 1 heterocycles. The summed E-state index contributed by atoms with van der Waals surface area (Å²) in [6.45, 7) is 4.75. The van der Waals surface area contributed by atoms with E-state index < -0.39 is 0 Å². The number of halogens is 2. The van der Waals surface area contributed by atoms with Gasteiger partial charge < -0.3 is 9.47 Å². The van der Waals surface area contributed by atoms with Crippen LogP contribution in [0.5, 0.6) is 0 Å². The van der Waals surface area contributed by atoms with Gasteiger partial charge in [0.15, 0.2) is 0 Å². The van der Waals surface area contributed by atoms with Crippen molar-refractivity contribution in [3.63, 3.8) is 0 Å². The van der Waals surface area contributed by atoms with Crippen molar-refractivity contribution in [3.8, 4) is 0 Å². The Morgan fingerprint density at radius 1 is 1.55 bits per heavy atom. The third-order valence-corrected chi connectivity index (χ3v) is 3.98. The first-order valence-electron chi connectivity index (χ1n) is 6.47. The van der Waals surface area contributed by atoms with Crippen LogP contribution in [-0.4, -0.2) is 34.0 Å². The monoisotopic (exact) mass is 357 g/mol. The number of benzene rings is 1. The van der Waals surface area contributed by atoms with Crippen molar-refractivity contribution in [1.82, 2.24) is 14.5 Å². The number of hydrogen-bond donors (Lipinski definition) is 0. The van der Waals surface area contributed by atoms with Crippen molar-refractivity contribution < 1.29 is 4.79 Å². The zero-order valence-corrected chi connectivity index (χ0v) is 14.1. The van der Waals surface area contributed by atoms with Gasteiger partial charge in [0.25, 0.3) is 0 Å². The number of amides is 1. The first kappa shape index (κ1) is 15.3. The van der Waals surface area contributed by atoms with E-state index >= 15 is 0 Å². The van der Waals surface area contributed by atoms with Gasteiger partial charge in [-0.15, -0.1) is 11.6 Å². The molecule has 0 saturated heterocycles. The van der Waals surface area contributed by atoms with Gasteiger partial charge in [0.05, 0.1) is 16.4 Å². The second-order valence-electron chi connectivity index (χ2n) is 4.71. The maximum atomic E-state index is 12.2. The Kier molecular flexibility index (Phi) is 4.70. The molecule has 1 aromatic carbocycles. The number of likely N-dealkylation sites (N-methyl/N-ethyl adjacent to an activating group) is 1. The Morgan fingerprint density at radius 3 is 2.85 bits per heavy atom. The Bertz CT molecular complexity index is 639. The molecule has 1 atom stereocenters. The summed E-state index contributed by atoms with van der Waals surface area (Å²) < 4.78 is 2.85. The molecule has 0 saturated carbocycles. The smallest absolute Gasteiger partial charge is 0.242 e. The van der Waals surface area contributed by atoms with Crippen LogP contribution in [0.25, 0.3) is 11.0 Å². The minimum absolute atomic E-state index is 0.0466. The summed E-state index contributed by atoms with van der Waals surface area (Å²) in [7, 11) is 1.79. The zero-order chi connectivity index (χ0) is 14.9. The first-order valence-corrected chi connectivity index (χ1v) is 7.70. The molecular weight excluding hydrogens is 342 g/mol. The van der Waals surface area contributed by atoms with Crippen molar-refractivity contribution in [2.24, 2.45) is 0 Å². The van der Waals surface area contributed by atoms with Gasteiger partial charge in [0, 0.05) is 18.1 Å². The average molecular weight is 359 g/mol. The summed E-state index contributed by atoms with van der Waals surface area (Å²) in [6.07, 6.45) is 0. The third kappa shape index (κ3) is 2.99. The van der Waals surface area contributed by atoms with Crippen LogP contribution in [0.4, 0.5) is 0 Å². The van der Waals surface area contributed by atoms with Crippen molar-refractivity contribution in [2.45, 2.75) is 25.8 Å². The van der Waals surface area contributed by atoms with E-state index in [0.717, 1.165) is 21.3 Å². The van der Waals surface area contributed by atoms with Crippen LogP contribution in [0, 0.1) is 0 Å². The fraction of sp³-hybridized carbons (Fsp3) is 0.429. The maximum absolute atomic E-state index is 12.2. The second kappa shape index (κ2) is 6.14. The Morgan fingerprint density at radius 2 is 2.25 bits per heavy atom. The lowest BCUT2D eigenvalue weighted by molar-refractivity contribution is -0.130. The fourth-order valence-electron chi connectivity index (χ4n) is 2.02. The lowest BCUT2D eigenvalue weighted by atomic mass is 10.3. The summed E-state index contributed by atoms with van der Waals surface area (Å²) in [4.78, 5) is 18.4. The molecule has 0 fully saturated rings. The quantitative estimate of drug-likeness (QED) is 0.784. The normalized spacial score (nSPS) is 12.7. The summed E-state index contributed by atoms with van der Waals surface area (Å²) >= 11 is 9.65. The van der Waals surface area contributed by atoms with E-state index in [1.165, 1.54) is 0 Å². The van der Waals surface area contributed by atoms with Crippen LogP contribution in [0.1, 0.15) is 25.0 Å². The number of imidazole rings is 1. The molecule has 0 radical (unpaired) electrons. The molecule has 4 nitrogen and oxygen atoms in total. The van der Waals surface area contributed by atoms with Crippen molar-refractivity contribution in [3.05, 3.63) is 28.5 Å². The van der Waals surface area contributed by atoms with E-state index in [-0.39, 0.29) is 17.8 Å². The highest BCUT2D eigenvalue weighted by atomic mass is 79.9. The Hall–Kier alpha value is -1.07.